The van der Waals surface area contributed by atoms with Crippen molar-refractivity contribution in [3.05, 3.63) is 48.7 Å². The lowest BCUT2D eigenvalue weighted by atomic mass is 10.2. The number of furan rings is 1. The third kappa shape index (κ3) is 2.56. The molecule has 3 N–H and O–H groups in total. The smallest absolute Gasteiger partial charge is 0.243 e. The summed E-state index contributed by atoms with van der Waals surface area (Å²) in [6, 6.07) is 5.70. The van der Waals surface area contributed by atoms with Crippen molar-refractivity contribution in [1.82, 2.24) is 14.7 Å². The summed E-state index contributed by atoms with van der Waals surface area (Å²) in [4.78, 5) is 6.93. The highest BCUT2D eigenvalue weighted by molar-refractivity contribution is 7.89. The van der Waals surface area contributed by atoms with E-state index in [-0.39, 0.29) is 4.90 Å². The van der Waals surface area contributed by atoms with Crippen LogP contribution >= 0.6 is 0 Å². The van der Waals surface area contributed by atoms with Crippen LogP contribution in [0.25, 0.3) is 11.0 Å². The molecule has 3 aromatic heterocycles. The van der Waals surface area contributed by atoms with E-state index in [4.69, 9.17) is 4.42 Å². The van der Waals surface area contributed by atoms with Crippen LogP contribution in [0.1, 0.15) is 11.8 Å². The molecule has 21 heavy (non-hydrogen) atoms. The van der Waals surface area contributed by atoms with Crippen LogP contribution in [0, 0.1) is 0 Å². The van der Waals surface area contributed by atoms with Crippen LogP contribution in [0.3, 0.4) is 0 Å². The second-order valence-corrected chi connectivity index (χ2v) is 6.11. The SMILES string of the molecule is O=S(=O)(NC(CO)c1ccco1)c1c[nH]c2ncccc12. The number of nitrogens with zero attached hydrogens (tertiary/aromatic N) is 1. The van der Waals surface area contributed by atoms with Crippen molar-refractivity contribution in [2.45, 2.75) is 10.9 Å². The van der Waals surface area contributed by atoms with E-state index in [1.54, 1.807) is 30.5 Å². The number of sulfonamides is 1. The number of pyridine rings is 1. The Kier molecular flexibility index (Phi) is 3.50. The Morgan fingerprint density at radius 3 is 2.95 bits per heavy atom. The predicted octanol–water partition coefficient (Wildman–Crippen LogP) is 1.17. The summed E-state index contributed by atoms with van der Waals surface area (Å²) < 4.78 is 32.5. The number of nitrogens with one attached hydrogen (secondary N) is 2. The van der Waals surface area contributed by atoms with E-state index in [1.165, 1.54) is 12.5 Å². The molecule has 0 aliphatic carbocycles. The fourth-order valence-electron chi connectivity index (χ4n) is 2.08. The summed E-state index contributed by atoms with van der Waals surface area (Å²) in [5.74, 6) is 0.346. The van der Waals surface area contributed by atoms with Crippen LogP contribution in [-0.4, -0.2) is 30.1 Å². The summed E-state index contributed by atoms with van der Waals surface area (Å²) >= 11 is 0. The Hall–Kier alpha value is -2.16. The van der Waals surface area contributed by atoms with Crippen LogP contribution in [0.4, 0.5) is 0 Å². The molecule has 0 radical (unpaired) electrons. The molecule has 3 heterocycles. The summed E-state index contributed by atoms with van der Waals surface area (Å²) in [7, 11) is -3.82. The molecule has 3 rings (SSSR count). The van der Waals surface area contributed by atoms with Gasteiger partial charge in [0.2, 0.25) is 10.0 Å². The maximum atomic E-state index is 12.5. The van der Waals surface area contributed by atoms with Crippen molar-refractivity contribution in [1.29, 1.82) is 0 Å². The number of hydrogen-bond donors (Lipinski definition) is 3. The molecule has 0 bridgehead atoms. The second-order valence-electron chi connectivity index (χ2n) is 4.42. The van der Waals surface area contributed by atoms with Gasteiger partial charge in [0.15, 0.2) is 0 Å². The first-order valence-electron chi connectivity index (χ1n) is 6.20. The minimum atomic E-state index is -3.82. The normalized spacial score (nSPS) is 13.6. The fraction of sp³-hybridized carbons (Fsp3) is 0.154. The summed E-state index contributed by atoms with van der Waals surface area (Å²) in [5.41, 5.74) is 0.483. The molecule has 0 amide bonds. The van der Waals surface area contributed by atoms with Crippen molar-refractivity contribution >= 4 is 21.1 Å². The number of hydrogen-bond acceptors (Lipinski definition) is 5. The lowest BCUT2D eigenvalue weighted by molar-refractivity contribution is 0.242. The Morgan fingerprint density at radius 2 is 2.24 bits per heavy atom. The van der Waals surface area contributed by atoms with Crippen molar-refractivity contribution in [2.75, 3.05) is 6.61 Å². The molecule has 0 aromatic carbocycles. The summed E-state index contributed by atoms with van der Waals surface area (Å²) in [6.07, 6.45) is 4.36. The number of aromatic amines is 1. The third-order valence-electron chi connectivity index (χ3n) is 3.07. The Labute approximate surface area is 120 Å². The molecular formula is C13H13N3O4S. The van der Waals surface area contributed by atoms with E-state index < -0.39 is 22.7 Å². The van der Waals surface area contributed by atoms with Crippen molar-refractivity contribution in [2.24, 2.45) is 0 Å². The monoisotopic (exact) mass is 307 g/mol. The number of aliphatic hydroxyl groups excluding tert-OH is 1. The second kappa shape index (κ2) is 5.32. The summed E-state index contributed by atoms with van der Waals surface area (Å²) in [6.45, 7) is -0.409. The minimum Gasteiger partial charge on any atom is -0.468 e. The summed E-state index contributed by atoms with van der Waals surface area (Å²) in [5, 5.41) is 9.85. The molecular weight excluding hydrogens is 294 g/mol. The molecule has 0 aliphatic heterocycles. The molecule has 3 aromatic rings. The molecule has 110 valence electrons. The van der Waals surface area contributed by atoms with Gasteiger partial charge >= 0.3 is 0 Å². The molecule has 0 spiro atoms. The standard InChI is InChI=1S/C13H13N3O4S/c17-8-10(11-4-2-6-20-11)16-21(18,19)12-7-15-13-9(12)3-1-5-14-13/h1-7,10,16-17H,8H2,(H,14,15). The van der Waals surface area contributed by atoms with Crippen molar-refractivity contribution < 1.29 is 17.9 Å². The van der Waals surface area contributed by atoms with Gasteiger partial charge in [0.1, 0.15) is 22.3 Å². The third-order valence-corrected chi connectivity index (χ3v) is 4.58. The zero-order valence-corrected chi connectivity index (χ0v) is 11.7. The van der Waals surface area contributed by atoms with Crippen LogP contribution in [0.2, 0.25) is 0 Å². The zero-order valence-electron chi connectivity index (χ0n) is 10.9. The first-order valence-corrected chi connectivity index (χ1v) is 7.69. The molecule has 0 aliphatic rings. The van der Waals surface area contributed by atoms with Crippen LogP contribution < -0.4 is 4.72 Å². The van der Waals surface area contributed by atoms with E-state index >= 15 is 0 Å². The maximum Gasteiger partial charge on any atom is 0.243 e. The van der Waals surface area contributed by atoms with E-state index in [1.807, 2.05) is 0 Å². The molecule has 0 fully saturated rings. The Bertz CT molecular complexity index is 839. The first-order chi connectivity index (χ1) is 10.1. The number of aromatic nitrogens is 2. The van der Waals surface area contributed by atoms with Crippen molar-refractivity contribution in [3.63, 3.8) is 0 Å². The van der Waals surface area contributed by atoms with Crippen LogP contribution in [-0.2, 0) is 10.0 Å². The van der Waals surface area contributed by atoms with Gasteiger partial charge in [0, 0.05) is 17.8 Å². The van der Waals surface area contributed by atoms with Gasteiger partial charge < -0.3 is 14.5 Å². The van der Waals surface area contributed by atoms with E-state index in [9.17, 15) is 13.5 Å². The number of aliphatic hydroxyl groups is 1. The molecule has 8 heteroatoms. The largest absolute Gasteiger partial charge is 0.468 e. The van der Waals surface area contributed by atoms with Crippen molar-refractivity contribution in [3.8, 4) is 0 Å². The molecule has 1 atom stereocenters. The molecule has 0 saturated heterocycles. The van der Waals surface area contributed by atoms with Crippen LogP contribution in [0.5, 0.6) is 0 Å². The highest BCUT2D eigenvalue weighted by atomic mass is 32.2. The van der Waals surface area contributed by atoms with Gasteiger partial charge in [-0.3, -0.25) is 0 Å². The van der Waals surface area contributed by atoms with Gasteiger partial charge in [-0.1, -0.05) is 0 Å². The van der Waals surface area contributed by atoms with E-state index in [0.717, 1.165) is 0 Å². The van der Waals surface area contributed by atoms with Gasteiger partial charge in [0.05, 0.1) is 12.9 Å². The Morgan fingerprint density at radius 1 is 1.38 bits per heavy atom. The Balaban J connectivity index is 1.97. The molecule has 1 unspecified atom stereocenters. The van der Waals surface area contributed by atoms with E-state index in [2.05, 4.69) is 14.7 Å². The van der Waals surface area contributed by atoms with Gasteiger partial charge in [-0.05, 0) is 24.3 Å². The highest BCUT2D eigenvalue weighted by Crippen LogP contribution is 2.23. The van der Waals surface area contributed by atoms with Crippen LogP contribution in [0.15, 0.2) is 52.2 Å². The van der Waals surface area contributed by atoms with Gasteiger partial charge in [-0.2, -0.15) is 4.72 Å². The van der Waals surface area contributed by atoms with E-state index in [0.29, 0.717) is 16.8 Å². The van der Waals surface area contributed by atoms with Gasteiger partial charge in [0.25, 0.3) is 0 Å². The predicted molar refractivity (Wildman–Crippen MR) is 75.0 cm³/mol. The lowest BCUT2D eigenvalue weighted by Gasteiger charge is -2.13. The minimum absolute atomic E-state index is 0.0793. The molecule has 0 saturated carbocycles. The fourth-order valence-corrected chi connectivity index (χ4v) is 3.44. The lowest BCUT2D eigenvalue weighted by Crippen LogP contribution is -2.30. The zero-order chi connectivity index (χ0) is 14.9. The quantitative estimate of drug-likeness (QED) is 0.655. The molecule has 7 nitrogen and oxygen atoms in total. The highest BCUT2D eigenvalue weighted by Gasteiger charge is 2.25. The number of rotatable bonds is 5. The first kappa shape index (κ1) is 13.8. The average Bonchev–Trinajstić information content (AvgIpc) is 3.14. The average molecular weight is 307 g/mol. The topological polar surface area (TPSA) is 108 Å². The van der Waals surface area contributed by atoms with Gasteiger partial charge in [-0.15, -0.1) is 0 Å². The van der Waals surface area contributed by atoms with Gasteiger partial charge in [-0.25, -0.2) is 13.4 Å². The number of fused-ring (bicyclic) bond motifs is 1. The maximum absolute atomic E-state index is 12.5. The number of H-pyrrole nitrogens is 1.